The number of carbonyl (C=O) groups excluding carboxylic acids is 1. The number of piperidine rings is 1. The topological polar surface area (TPSA) is 66.3 Å². The Morgan fingerprint density at radius 2 is 2.00 bits per heavy atom. The lowest BCUT2D eigenvalue weighted by Crippen LogP contribution is -2.36. The minimum Gasteiger partial charge on any atom is -0.392 e. The van der Waals surface area contributed by atoms with Gasteiger partial charge in [-0.25, -0.2) is 0 Å². The van der Waals surface area contributed by atoms with Crippen LogP contribution in [0, 0.1) is 0 Å². The molecule has 23 heavy (non-hydrogen) atoms. The Labute approximate surface area is 136 Å². The third-order valence-electron chi connectivity index (χ3n) is 4.44. The van der Waals surface area contributed by atoms with Crippen molar-refractivity contribution >= 4 is 5.91 Å². The van der Waals surface area contributed by atoms with Crippen LogP contribution >= 0.6 is 0 Å². The third kappa shape index (κ3) is 3.40. The van der Waals surface area contributed by atoms with Gasteiger partial charge in [0.05, 0.1) is 18.0 Å². The molecule has 1 aromatic carbocycles. The Bertz CT molecular complexity index is 694. The summed E-state index contributed by atoms with van der Waals surface area (Å²) in [5.74, 6) is 0.450. The molecule has 0 bridgehead atoms. The maximum atomic E-state index is 11.5. The quantitative estimate of drug-likeness (QED) is 0.945. The summed E-state index contributed by atoms with van der Waals surface area (Å²) in [6.45, 7) is 3.17. The Morgan fingerprint density at radius 3 is 2.70 bits per heavy atom. The van der Waals surface area contributed by atoms with Crippen molar-refractivity contribution < 1.29 is 9.90 Å². The van der Waals surface area contributed by atoms with E-state index in [-0.39, 0.29) is 12.5 Å². The molecule has 120 valence electrons. The van der Waals surface area contributed by atoms with Crippen molar-refractivity contribution in [1.29, 1.82) is 0 Å². The molecule has 5 nitrogen and oxygen atoms in total. The van der Waals surface area contributed by atoms with E-state index >= 15 is 0 Å². The van der Waals surface area contributed by atoms with E-state index in [0.717, 1.165) is 48.4 Å². The summed E-state index contributed by atoms with van der Waals surface area (Å²) in [6, 6.07) is 7.78. The van der Waals surface area contributed by atoms with Crippen molar-refractivity contribution in [2.45, 2.75) is 32.3 Å². The van der Waals surface area contributed by atoms with Gasteiger partial charge in [-0.2, -0.15) is 0 Å². The standard InChI is InChI=1S/C18H21N3O2/c1-13(23)21-9-5-15(6-10-21)17-18(20-8-7-19-17)16-4-2-3-14(11-16)12-22/h2-4,7-8,11,15,22H,5-6,9-10,12H2,1H3. The lowest BCUT2D eigenvalue weighted by molar-refractivity contribution is -0.129. The molecule has 0 aliphatic carbocycles. The minimum atomic E-state index is 0.0143. The van der Waals surface area contributed by atoms with Crippen LogP contribution < -0.4 is 0 Å². The number of carbonyl (C=O) groups is 1. The first-order valence-corrected chi connectivity index (χ1v) is 7.95. The summed E-state index contributed by atoms with van der Waals surface area (Å²) in [4.78, 5) is 22.5. The van der Waals surface area contributed by atoms with E-state index in [4.69, 9.17) is 0 Å². The summed E-state index contributed by atoms with van der Waals surface area (Å²) in [5.41, 5.74) is 3.72. The van der Waals surface area contributed by atoms with E-state index in [9.17, 15) is 9.90 Å². The maximum absolute atomic E-state index is 11.5. The molecular weight excluding hydrogens is 290 g/mol. The molecule has 3 rings (SSSR count). The Hall–Kier alpha value is -2.27. The number of hydrogen-bond donors (Lipinski definition) is 1. The highest BCUT2D eigenvalue weighted by Crippen LogP contribution is 2.32. The molecule has 2 aromatic rings. The highest BCUT2D eigenvalue weighted by atomic mass is 16.3. The van der Waals surface area contributed by atoms with Crippen LogP contribution in [-0.4, -0.2) is 39.0 Å². The van der Waals surface area contributed by atoms with Crippen molar-refractivity contribution in [3.05, 3.63) is 47.9 Å². The molecule has 0 unspecified atom stereocenters. The average Bonchev–Trinajstić information content (AvgIpc) is 2.62. The zero-order valence-electron chi connectivity index (χ0n) is 13.3. The molecule has 1 aliphatic heterocycles. The molecule has 5 heteroatoms. The number of nitrogens with zero attached hydrogens (tertiary/aromatic N) is 3. The Kier molecular flexibility index (Phi) is 4.67. The number of rotatable bonds is 3. The van der Waals surface area contributed by atoms with Crippen LogP contribution in [0.25, 0.3) is 11.3 Å². The first kappa shape index (κ1) is 15.6. The molecule has 0 atom stereocenters. The van der Waals surface area contributed by atoms with Crippen molar-refractivity contribution in [2.75, 3.05) is 13.1 Å². The largest absolute Gasteiger partial charge is 0.392 e. The van der Waals surface area contributed by atoms with Crippen molar-refractivity contribution in [3.8, 4) is 11.3 Å². The number of aromatic nitrogens is 2. The number of aliphatic hydroxyl groups is 1. The van der Waals surface area contributed by atoms with Gasteiger partial charge in [-0.3, -0.25) is 14.8 Å². The van der Waals surface area contributed by atoms with E-state index in [1.54, 1.807) is 19.3 Å². The summed E-state index contributed by atoms with van der Waals surface area (Å²) in [7, 11) is 0. The van der Waals surface area contributed by atoms with Crippen molar-refractivity contribution in [3.63, 3.8) is 0 Å². The van der Waals surface area contributed by atoms with E-state index in [1.165, 1.54) is 0 Å². The molecule has 1 fully saturated rings. The molecule has 1 amide bonds. The van der Waals surface area contributed by atoms with Gasteiger partial charge >= 0.3 is 0 Å². The first-order valence-electron chi connectivity index (χ1n) is 7.95. The molecule has 1 aliphatic rings. The molecule has 0 spiro atoms. The molecule has 1 saturated heterocycles. The minimum absolute atomic E-state index is 0.0143. The van der Waals surface area contributed by atoms with Gasteiger partial charge in [0.2, 0.25) is 5.91 Å². The van der Waals surface area contributed by atoms with E-state index in [0.29, 0.717) is 5.92 Å². The van der Waals surface area contributed by atoms with Crippen LogP contribution in [0.5, 0.6) is 0 Å². The van der Waals surface area contributed by atoms with Crippen LogP contribution in [0.2, 0.25) is 0 Å². The van der Waals surface area contributed by atoms with Gasteiger partial charge in [0.25, 0.3) is 0 Å². The number of likely N-dealkylation sites (tertiary alicyclic amines) is 1. The van der Waals surface area contributed by atoms with E-state index in [1.807, 2.05) is 29.2 Å². The van der Waals surface area contributed by atoms with Gasteiger partial charge < -0.3 is 10.0 Å². The van der Waals surface area contributed by atoms with Crippen LogP contribution in [0.15, 0.2) is 36.7 Å². The van der Waals surface area contributed by atoms with E-state index < -0.39 is 0 Å². The number of hydrogen-bond acceptors (Lipinski definition) is 4. The summed E-state index contributed by atoms with van der Waals surface area (Å²) >= 11 is 0. The molecule has 1 aromatic heterocycles. The van der Waals surface area contributed by atoms with Crippen LogP contribution in [-0.2, 0) is 11.4 Å². The molecule has 0 radical (unpaired) electrons. The van der Waals surface area contributed by atoms with Gasteiger partial charge in [-0.15, -0.1) is 0 Å². The van der Waals surface area contributed by atoms with Gasteiger partial charge in [0.15, 0.2) is 0 Å². The molecule has 1 N–H and O–H groups in total. The average molecular weight is 311 g/mol. The fourth-order valence-corrected chi connectivity index (χ4v) is 3.15. The Morgan fingerprint density at radius 1 is 1.26 bits per heavy atom. The maximum Gasteiger partial charge on any atom is 0.219 e. The third-order valence-corrected chi connectivity index (χ3v) is 4.44. The van der Waals surface area contributed by atoms with Crippen LogP contribution in [0.1, 0.15) is 36.9 Å². The smallest absolute Gasteiger partial charge is 0.219 e. The van der Waals surface area contributed by atoms with E-state index in [2.05, 4.69) is 9.97 Å². The molecule has 2 heterocycles. The predicted octanol–water partition coefficient (Wildman–Crippen LogP) is 2.36. The van der Waals surface area contributed by atoms with Crippen molar-refractivity contribution in [2.24, 2.45) is 0 Å². The Balaban J connectivity index is 1.88. The van der Waals surface area contributed by atoms with Gasteiger partial charge in [0, 0.05) is 43.9 Å². The number of amides is 1. The second-order valence-corrected chi connectivity index (χ2v) is 5.93. The summed E-state index contributed by atoms with van der Waals surface area (Å²) in [5, 5.41) is 9.33. The number of aliphatic hydroxyl groups excluding tert-OH is 1. The molecular formula is C18H21N3O2. The van der Waals surface area contributed by atoms with Crippen LogP contribution in [0.4, 0.5) is 0 Å². The van der Waals surface area contributed by atoms with Crippen molar-refractivity contribution in [1.82, 2.24) is 14.9 Å². The second kappa shape index (κ2) is 6.87. The summed E-state index contributed by atoms with van der Waals surface area (Å²) < 4.78 is 0. The highest BCUT2D eigenvalue weighted by Gasteiger charge is 2.25. The van der Waals surface area contributed by atoms with Crippen LogP contribution in [0.3, 0.4) is 0 Å². The normalized spacial score (nSPS) is 15.7. The second-order valence-electron chi connectivity index (χ2n) is 5.93. The highest BCUT2D eigenvalue weighted by molar-refractivity contribution is 5.73. The SMILES string of the molecule is CC(=O)N1CCC(c2nccnc2-c2cccc(CO)c2)CC1. The number of benzene rings is 1. The van der Waals surface area contributed by atoms with Gasteiger partial charge in [-0.05, 0) is 24.5 Å². The molecule has 0 saturated carbocycles. The van der Waals surface area contributed by atoms with Gasteiger partial charge in [-0.1, -0.05) is 18.2 Å². The monoisotopic (exact) mass is 311 g/mol. The lowest BCUT2D eigenvalue weighted by atomic mass is 9.90. The fourth-order valence-electron chi connectivity index (χ4n) is 3.15. The zero-order chi connectivity index (χ0) is 16.2. The predicted molar refractivity (Wildman–Crippen MR) is 87.6 cm³/mol. The summed E-state index contributed by atoms with van der Waals surface area (Å²) in [6.07, 6.45) is 5.25. The van der Waals surface area contributed by atoms with Gasteiger partial charge in [0.1, 0.15) is 0 Å². The fraction of sp³-hybridized carbons (Fsp3) is 0.389. The zero-order valence-corrected chi connectivity index (χ0v) is 13.3. The lowest BCUT2D eigenvalue weighted by Gasteiger charge is -2.31. The first-order chi connectivity index (χ1) is 11.2.